The van der Waals surface area contributed by atoms with Crippen LogP contribution in [0.5, 0.6) is 0 Å². The minimum atomic E-state index is 0.141. The van der Waals surface area contributed by atoms with Crippen LogP contribution < -0.4 is 16.4 Å². The van der Waals surface area contributed by atoms with Gasteiger partial charge in [-0.2, -0.15) is 0 Å². The molecule has 1 aliphatic rings. The molecule has 4 nitrogen and oxygen atoms in total. The second kappa shape index (κ2) is 4.46. The molecule has 4 N–H and O–H groups in total. The quantitative estimate of drug-likeness (QED) is 0.574. The molecule has 0 bridgehead atoms. The van der Waals surface area contributed by atoms with E-state index in [1.54, 1.807) is 0 Å². The third kappa shape index (κ3) is 3.63. The number of nitrogens with zero attached hydrogens (tertiary/aromatic N) is 1. The van der Waals surface area contributed by atoms with Gasteiger partial charge >= 0.3 is 0 Å². The number of nitrogens with one attached hydrogen (secondary N) is 2. The minimum Gasteiger partial charge on any atom is -0.356 e. The number of guanidine groups is 1. The molecular formula is C9H20N4. The molecule has 0 amide bonds. The van der Waals surface area contributed by atoms with Crippen LogP contribution in [0.25, 0.3) is 0 Å². The molecule has 0 aromatic rings. The van der Waals surface area contributed by atoms with Crippen LogP contribution in [0.2, 0.25) is 0 Å². The van der Waals surface area contributed by atoms with Crippen LogP contribution in [0.4, 0.5) is 0 Å². The van der Waals surface area contributed by atoms with Crippen molar-refractivity contribution < 1.29 is 0 Å². The topological polar surface area (TPSA) is 62.4 Å². The van der Waals surface area contributed by atoms with Crippen LogP contribution in [-0.2, 0) is 0 Å². The van der Waals surface area contributed by atoms with Gasteiger partial charge in [-0.15, -0.1) is 0 Å². The number of rotatable bonds is 3. The summed E-state index contributed by atoms with van der Waals surface area (Å²) in [4.78, 5) is 4.32. The fourth-order valence-electron chi connectivity index (χ4n) is 1.05. The van der Waals surface area contributed by atoms with Crippen molar-refractivity contribution in [1.82, 2.24) is 10.6 Å². The van der Waals surface area contributed by atoms with Gasteiger partial charge < -0.3 is 16.4 Å². The summed E-state index contributed by atoms with van der Waals surface area (Å²) in [5.41, 5.74) is 5.76. The fraction of sp³-hybridized carbons (Fsp3) is 0.889. The Morgan fingerprint density at radius 1 is 1.62 bits per heavy atom. The van der Waals surface area contributed by atoms with Crippen molar-refractivity contribution in [1.29, 1.82) is 0 Å². The maximum Gasteiger partial charge on any atom is 0.191 e. The SMILES string of the molecule is CC(C)(CN)CNC1=NCCCN1. The fourth-order valence-corrected chi connectivity index (χ4v) is 1.05. The van der Waals surface area contributed by atoms with Crippen LogP contribution in [0, 0.1) is 5.41 Å². The maximum absolute atomic E-state index is 5.62. The zero-order valence-corrected chi connectivity index (χ0v) is 8.56. The first kappa shape index (κ1) is 10.3. The van der Waals surface area contributed by atoms with E-state index in [1.165, 1.54) is 0 Å². The first-order valence-corrected chi connectivity index (χ1v) is 4.86. The lowest BCUT2D eigenvalue weighted by atomic mass is 9.94. The Hall–Kier alpha value is -0.770. The van der Waals surface area contributed by atoms with Crippen LogP contribution in [-0.4, -0.2) is 32.1 Å². The van der Waals surface area contributed by atoms with E-state index in [9.17, 15) is 0 Å². The molecule has 0 saturated heterocycles. The predicted octanol–water partition coefficient (Wildman–Crippen LogP) is -0.0898. The van der Waals surface area contributed by atoms with Crippen molar-refractivity contribution in [3.8, 4) is 0 Å². The number of hydrogen-bond acceptors (Lipinski definition) is 4. The van der Waals surface area contributed by atoms with Gasteiger partial charge in [-0.1, -0.05) is 13.8 Å². The largest absolute Gasteiger partial charge is 0.356 e. The second-order valence-corrected chi connectivity index (χ2v) is 4.23. The molecular weight excluding hydrogens is 164 g/mol. The van der Waals surface area contributed by atoms with Crippen molar-refractivity contribution in [3.05, 3.63) is 0 Å². The molecule has 0 unspecified atom stereocenters. The summed E-state index contributed by atoms with van der Waals surface area (Å²) in [5, 5.41) is 6.49. The van der Waals surface area contributed by atoms with Crippen molar-refractivity contribution in [2.24, 2.45) is 16.1 Å². The molecule has 13 heavy (non-hydrogen) atoms. The summed E-state index contributed by atoms with van der Waals surface area (Å²) in [6, 6.07) is 0. The van der Waals surface area contributed by atoms with Crippen molar-refractivity contribution in [2.75, 3.05) is 26.2 Å². The second-order valence-electron chi connectivity index (χ2n) is 4.23. The molecule has 1 aliphatic heterocycles. The molecule has 0 spiro atoms. The van der Waals surface area contributed by atoms with Gasteiger partial charge in [0.2, 0.25) is 0 Å². The Kier molecular flexibility index (Phi) is 3.54. The van der Waals surface area contributed by atoms with E-state index in [0.717, 1.165) is 32.0 Å². The van der Waals surface area contributed by atoms with Crippen molar-refractivity contribution in [3.63, 3.8) is 0 Å². The van der Waals surface area contributed by atoms with Crippen LogP contribution in [0.15, 0.2) is 4.99 Å². The van der Waals surface area contributed by atoms with E-state index in [0.29, 0.717) is 6.54 Å². The van der Waals surface area contributed by atoms with Crippen LogP contribution in [0.3, 0.4) is 0 Å². The first-order chi connectivity index (χ1) is 6.14. The normalized spacial score (nSPS) is 17.6. The van der Waals surface area contributed by atoms with Gasteiger partial charge in [0, 0.05) is 19.6 Å². The molecule has 76 valence electrons. The van der Waals surface area contributed by atoms with E-state index in [2.05, 4.69) is 29.5 Å². The van der Waals surface area contributed by atoms with Crippen molar-refractivity contribution >= 4 is 5.96 Å². The van der Waals surface area contributed by atoms with E-state index in [1.807, 2.05) is 0 Å². The highest BCUT2D eigenvalue weighted by atomic mass is 15.2. The molecule has 0 radical (unpaired) electrons. The lowest BCUT2D eigenvalue weighted by molar-refractivity contribution is 0.373. The highest BCUT2D eigenvalue weighted by Gasteiger charge is 2.16. The molecule has 0 atom stereocenters. The summed E-state index contributed by atoms with van der Waals surface area (Å²) >= 11 is 0. The Morgan fingerprint density at radius 3 is 2.92 bits per heavy atom. The van der Waals surface area contributed by atoms with Crippen molar-refractivity contribution in [2.45, 2.75) is 20.3 Å². The lowest BCUT2D eigenvalue weighted by Gasteiger charge is -2.25. The maximum atomic E-state index is 5.62. The summed E-state index contributed by atoms with van der Waals surface area (Å²) < 4.78 is 0. The standard InChI is InChI=1S/C9H20N4/c1-9(2,6-10)7-13-8-11-4-3-5-12-8/h3-7,10H2,1-2H3,(H2,11,12,13). The lowest BCUT2D eigenvalue weighted by Crippen LogP contribution is -2.46. The van der Waals surface area contributed by atoms with Gasteiger partial charge in [0.25, 0.3) is 0 Å². The number of aliphatic imine (C=N–C) groups is 1. The molecule has 1 heterocycles. The molecule has 0 aromatic heterocycles. The minimum absolute atomic E-state index is 0.141. The van der Waals surface area contributed by atoms with Gasteiger partial charge in [0.15, 0.2) is 5.96 Å². The first-order valence-electron chi connectivity index (χ1n) is 4.86. The molecule has 0 saturated carbocycles. The number of hydrogen-bond donors (Lipinski definition) is 3. The van der Waals surface area contributed by atoms with Gasteiger partial charge in [-0.05, 0) is 18.4 Å². The van der Waals surface area contributed by atoms with Gasteiger partial charge in [-0.25, -0.2) is 0 Å². The summed E-state index contributed by atoms with van der Waals surface area (Å²) in [5.74, 6) is 0.924. The zero-order valence-electron chi connectivity index (χ0n) is 8.56. The van der Waals surface area contributed by atoms with Gasteiger partial charge in [0.05, 0.1) is 0 Å². The molecule has 0 aromatic carbocycles. The Bertz CT molecular complexity index is 186. The zero-order chi connectivity index (χ0) is 9.73. The van der Waals surface area contributed by atoms with Crippen LogP contribution in [0.1, 0.15) is 20.3 Å². The average Bonchev–Trinajstić information content (AvgIpc) is 2.17. The monoisotopic (exact) mass is 184 g/mol. The third-order valence-electron chi connectivity index (χ3n) is 2.18. The average molecular weight is 184 g/mol. The van der Waals surface area contributed by atoms with E-state index in [4.69, 9.17) is 5.73 Å². The third-order valence-corrected chi connectivity index (χ3v) is 2.18. The Labute approximate surface area is 80.0 Å². The molecule has 0 fully saturated rings. The van der Waals surface area contributed by atoms with E-state index < -0.39 is 0 Å². The highest BCUT2D eigenvalue weighted by Crippen LogP contribution is 2.09. The number of nitrogens with two attached hydrogens (primary N) is 1. The van der Waals surface area contributed by atoms with E-state index >= 15 is 0 Å². The van der Waals surface area contributed by atoms with Gasteiger partial charge in [-0.3, -0.25) is 4.99 Å². The van der Waals surface area contributed by atoms with E-state index in [-0.39, 0.29) is 5.41 Å². The molecule has 0 aliphatic carbocycles. The summed E-state index contributed by atoms with van der Waals surface area (Å²) in [6.07, 6.45) is 1.13. The predicted molar refractivity (Wildman–Crippen MR) is 55.8 cm³/mol. The van der Waals surface area contributed by atoms with Crippen LogP contribution >= 0.6 is 0 Å². The smallest absolute Gasteiger partial charge is 0.191 e. The Morgan fingerprint density at radius 2 is 2.38 bits per heavy atom. The summed E-state index contributed by atoms with van der Waals surface area (Å²) in [7, 11) is 0. The summed E-state index contributed by atoms with van der Waals surface area (Å²) in [6.45, 7) is 7.79. The highest BCUT2D eigenvalue weighted by molar-refractivity contribution is 5.80. The molecule has 1 rings (SSSR count). The Balaban J connectivity index is 2.29. The molecule has 4 heteroatoms. The van der Waals surface area contributed by atoms with Gasteiger partial charge in [0.1, 0.15) is 0 Å².